The zero-order chi connectivity index (χ0) is 21.8. The van der Waals surface area contributed by atoms with Crippen LogP contribution >= 0.6 is 0 Å². The summed E-state index contributed by atoms with van der Waals surface area (Å²) in [5.74, 6) is 0.543. The van der Waals surface area contributed by atoms with Crippen LogP contribution in [0.4, 0.5) is 5.69 Å². The van der Waals surface area contributed by atoms with Gasteiger partial charge in [0.1, 0.15) is 17.1 Å². The lowest BCUT2D eigenvalue weighted by Crippen LogP contribution is -2.22. The number of carbonyl (C=O) groups is 1. The summed E-state index contributed by atoms with van der Waals surface area (Å²) in [5.41, 5.74) is 4.95. The van der Waals surface area contributed by atoms with E-state index in [0.29, 0.717) is 28.8 Å². The number of aromatic hydroxyl groups is 1. The molecule has 0 aliphatic heterocycles. The molecular weight excluding hydrogens is 376 g/mol. The molecule has 5 heteroatoms. The fourth-order valence-corrected chi connectivity index (χ4v) is 4.05. The number of fused-ring (bicyclic) bond motifs is 1. The number of rotatable bonds is 8. The molecule has 3 aromatic rings. The van der Waals surface area contributed by atoms with Gasteiger partial charge in [0, 0.05) is 23.2 Å². The van der Waals surface area contributed by atoms with Gasteiger partial charge in [-0.3, -0.25) is 9.69 Å². The lowest BCUT2D eigenvalue weighted by atomic mass is 10.0. The van der Waals surface area contributed by atoms with Gasteiger partial charge in [-0.05, 0) is 56.1 Å². The van der Waals surface area contributed by atoms with Gasteiger partial charge in [-0.1, -0.05) is 45.9 Å². The molecule has 0 fully saturated rings. The first-order chi connectivity index (χ1) is 14.4. The number of hydrogen-bond acceptors (Lipinski definition) is 4. The first-order valence-corrected chi connectivity index (χ1v) is 10.8. The van der Waals surface area contributed by atoms with Crippen molar-refractivity contribution in [2.75, 3.05) is 18.4 Å². The second-order valence-electron chi connectivity index (χ2n) is 7.54. The Hall–Kier alpha value is -2.79. The molecule has 160 valence electrons. The summed E-state index contributed by atoms with van der Waals surface area (Å²) in [6.45, 7) is 12.4. The van der Waals surface area contributed by atoms with Crippen LogP contribution in [0.1, 0.15) is 60.5 Å². The number of aryl methyl sites for hydroxylation is 3. The van der Waals surface area contributed by atoms with Crippen LogP contribution in [0, 0.1) is 6.92 Å². The van der Waals surface area contributed by atoms with Crippen LogP contribution in [0.3, 0.4) is 0 Å². The molecule has 3 rings (SSSR count). The fraction of sp³-hybridized carbons (Fsp3) is 0.400. The van der Waals surface area contributed by atoms with Crippen LogP contribution in [-0.2, 0) is 19.4 Å². The Labute approximate surface area is 178 Å². The third kappa shape index (κ3) is 4.08. The summed E-state index contributed by atoms with van der Waals surface area (Å²) < 4.78 is 5.93. The zero-order valence-corrected chi connectivity index (χ0v) is 18.6. The number of benzene rings is 2. The number of carbonyl (C=O) groups excluding carboxylic acids is 1. The van der Waals surface area contributed by atoms with Crippen LogP contribution in [0.2, 0.25) is 0 Å². The number of amides is 1. The van der Waals surface area contributed by atoms with Gasteiger partial charge in [0.25, 0.3) is 5.91 Å². The van der Waals surface area contributed by atoms with Gasteiger partial charge in [0.05, 0.1) is 5.56 Å². The van der Waals surface area contributed by atoms with Gasteiger partial charge in [0.15, 0.2) is 0 Å². The largest absolute Gasteiger partial charge is 0.508 e. The summed E-state index contributed by atoms with van der Waals surface area (Å²) >= 11 is 0. The maximum atomic E-state index is 13.5. The molecule has 0 radical (unpaired) electrons. The number of phenols is 1. The van der Waals surface area contributed by atoms with E-state index >= 15 is 0 Å². The molecule has 1 aromatic heterocycles. The van der Waals surface area contributed by atoms with Crippen molar-refractivity contribution in [1.82, 2.24) is 4.90 Å². The van der Waals surface area contributed by atoms with E-state index in [4.69, 9.17) is 4.42 Å². The van der Waals surface area contributed by atoms with Crippen molar-refractivity contribution in [3.8, 4) is 5.75 Å². The quantitative estimate of drug-likeness (QED) is 0.504. The fourth-order valence-electron chi connectivity index (χ4n) is 4.05. The van der Waals surface area contributed by atoms with Crippen molar-refractivity contribution in [2.24, 2.45) is 0 Å². The predicted octanol–water partition coefficient (Wildman–Crippen LogP) is 5.67. The molecule has 0 saturated carbocycles. The minimum absolute atomic E-state index is 0.187. The van der Waals surface area contributed by atoms with Crippen molar-refractivity contribution in [3.05, 3.63) is 58.3 Å². The van der Waals surface area contributed by atoms with Crippen LogP contribution in [0.15, 0.2) is 34.7 Å². The van der Waals surface area contributed by atoms with E-state index in [0.717, 1.165) is 48.3 Å². The number of nitrogens with one attached hydrogen (secondary N) is 1. The maximum absolute atomic E-state index is 13.5. The molecule has 0 spiro atoms. The van der Waals surface area contributed by atoms with E-state index in [-0.39, 0.29) is 11.7 Å². The summed E-state index contributed by atoms with van der Waals surface area (Å²) in [6, 6.07) is 9.51. The molecule has 1 amide bonds. The summed E-state index contributed by atoms with van der Waals surface area (Å²) in [4.78, 5) is 15.7. The molecule has 1 heterocycles. The van der Waals surface area contributed by atoms with Gasteiger partial charge in [0.2, 0.25) is 0 Å². The average molecular weight is 409 g/mol. The van der Waals surface area contributed by atoms with Crippen LogP contribution in [-0.4, -0.2) is 29.0 Å². The van der Waals surface area contributed by atoms with Crippen molar-refractivity contribution >= 4 is 22.6 Å². The number of furan rings is 1. The Bertz CT molecular complexity index is 1030. The van der Waals surface area contributed by atoms with Crippen LogP contribution in [0.5, 0.6) is 5.75 Å². The van der Waals surface area contributed by atoms with Gasteiger partial charge in [-0.15, -0.1) is 0 Å². The molecule has 2 aromatic carbocycles. The molecule has 0 aliphatic rings. The van der Waals surface area contributed by atoms with Gasteiger partial charge < -0.3 is 14.8 Å². The molecule has 30 heavy (non-hydrogen) atoms. The Balaban J connectivity index is 2.11. The average Bonchev–Trinajstić information content (AvgIpc) is 3.09. The topological polar surface area (TPSA) is 65.7 Å². The number of phenolic OH excluding ortho intramolecular Hbond substituents is 1. The van der Waals surface area contributed by atoms with E-state index in [1.165, 1.54) is 0 Å². The Morgan fingerprint density at radius 1 is 1.03 bits per heavy atom. The first kappa shape index (κ1) is 21.9. The van der Waals surface area contributed by atoms with Gasteiger partial charge in [-0.2, -0.15) is 0 Å². The molecule has 0 atom stereocenters. The van der Waals surface area contributed by atoms with Crippen LogP contribution < -0.4 is 5.32 Å². The highest BCUT2D eigenvalue weighted by molar-refractivity contribution is 6.14. The van der Waals surface area contributed by atoms with E-state index in [1.807, 2.05) is 18.2 Å². The number of nitrogens with zero attached hydrogens (tertiary/aromatic N) is 1. The SMILES string of the molecule is CCc1cccc(CC)c1NC(=O)c1c(C)oc2ccc(O)c(CN(CC)CC)c12. The number of hydrogen-bond donors (Lipinski definition) is 2. The molecule has 0 bridgehead atoms. The van der Waals surface area contributed by atoms with Crippen molar-refractivity contribution in [3.63, 3.8) is 0 Å². The lowest BCUT2D eigenvalue weighted by Gasteiger charge is -2.20. The Kier molecular flexibility index (Phi) is 6.83. The number of para-hydroxylation sites is 1. The highest BCUT2D eigenvalue weighted by atomic mass is 16.3. The molecule has 0 aliphatic carbocycles. The highest BCUT2D eigenvalue weighted by Gasteiger charge is 2.24. The minimum Gasteiger partial charge on any atom is -0.508 e. The second kappa shape index (κ2) is 9.35. The number of anilines is 1. The smallest absolute Gasteiger partial charge is 0.259 e. The van der Waals surface area contributed by atoms with Crippen LogP contribution in [0.25, 0.3) is 11.0 Å². The minimum atomic E-state index is -0.201. The molecular formula is C25H32N2O3. The normalized spacial score (nSPS) is 11.4. The third-order valence-corrected chi connectivity index (χ3v) is 5.86. The van der Waals surface area contributed by atoms with E-state index in [9.17, 15) is 9.90 Å². The third-order valence-electron chi connectivity index (χ3n) is 5.86. The van der Waals surface area contributed by atoms with Crippen molar-refractivity contribution < 1.29 is 14.3 Å². The monoisotopic (exact) mass is 408 g/mol. The standard InChI is InChI=1S/C25H32N2O3/c1-6-17-11-10-12-18(7-2)24(17)26-25(29)22-16(5)30-21-14-13-20(28)19(23(21)22)15-27(8-3)9-4/h10-14,28H,6-9,15H2,1-5H3,(H,26,29). The van der Waals surface area contributed by atoms with Crippen molar-refractivity contribution in [1.29, 1.82) is 0 Å². The van der Waals surface area contributed by atoms with Gasteiger partial charge in [-0.25, -0.2) is 0 Å². The van der Waals surface area contributed by atoms with E-state index in [2.05, 4.69) is 37.9 Å². The molecule has 5 nitrogen and oxygen atoms in total. The second-order valence-corrected chi connectivity index (χ2v) is 7.54. The summed E-state index contributed by atoms with van der Waals surface area (Å²) in [5, 5.41) is 14.5. The Morgan fingerprint density at radius 3 is 2.23 bits per heavy atom. The van der Waals surface area contributed by atoms with Gasteiger partial charge >= 0.3 is 0 Å². The first-order valence-electron chi connectivity index (χ1n) is 10.8. The van der Waals surface area contributed by atoms with E-state index < -0.39 is 0 Å². The predicted molar refractivity (Wildman–Crippen MR) is 122 cm³/mol. The lowest BCUT2D eigenvalue weighted by molar-refractivity contribution is 0.102. The summed E-state index contributed by atoms with van der Waals surface area (Å²) in [6.07, 6.45) is 1.67. The molecule has 2 N–H and O–H groups in total. The molecule has 0 unspecified atom stereocenters. The van der Waals surface area contributed by atoms with E-state index in [1.54, 1.807) is 19.1 Å². The molecule has 0 saturated heterocycles. The maximum Gasteiger partial charge on any atom is 0.259 e. The van der Waals surface area contributed by atoms with Crippen molar-refractivity contribution in [2.45, 2.75) is 54.0 Å². The highest BCUT2D eigenvalue weighted by Crippen LogP contribution is 2.35. The zero-order valence-electron chi connectivity index (χ0n) is 18.6. The summed E-state index contributed by atoms with van der Waals surface area (Å²) in [7, 11) is 0. The Morgan fingerprint density at radius 2 is 1.67 bits per heavy atom.